The average Bonchev–Trinajstić information content (AvgIpc) is 2.39. The second kappa shape index (κ2) is 8.05. The van der Waals surface area contributed by atoms with Gasteiger partial charge in [0.2, 0.25) is 0 Å². The van der Waals surface area contributed by atoms with Crippen molar-refractivity contribution in [2.45, 2.75) is 6.54 Å². The summed E-state index contributed by atoms with van der Waals surface area (Å²) >= 11 is 0. The summed E-state index contributed by atoms with van der Waals surface area (Å²) in [7, 11) is 0. The van der Waals surface area contributed by atoms with Gasteiger partial charge in [0.15, 0.2) is 11.6 Å². The molecule has 0 saturated heterocycles. The molecular formula is C12H14F2N2O4. The van der Waals surface area contributed by atoms with Crippen LogP contribution in [0.25, 0.3) is 0 Å². The standard InChI is InChI=1S/C12H14F2N2O4/c13-9-2-1-8(5-10(9)14)6-16-12(19)15-3-4-20-7-11(17)18/h1-2,5H,3-4,6-7H2,(H,17,18)(H2,15,16,19). The normalized spacial score (nSPS) is 10.1. The molecule has 8 heteroatoms. The number of ether oxygens (including phenoxy) is 1. The Hall–Kier alpha value is -2.22. The van der Waals surface area contributed by atoms with Gasteiger partial charge in [-0.3, -0.25) is 0 Å². The van der Waals surface area contributed by atoms with Gasteiger partial charge in [-0.25, -0.2) is 18.4 Å². The molecule has 0 aliphatic rings. The van der Waals surface area contributed by atoms with Gasteiger partial charge in [-0.2, -0.15) is 0 Å². The quantitative estimate of drug-likeness (QED) is 0.650. The van der Waals surface area contributed by atoms with Gasteiger partial charge in [0.05, 0.1) is 6.61 Å². The number of amides is 2. The molecule has 0 heterocycles. The van der Waals surface area contributed by atoms with Crippen molar-refractivity contribution in [3.63, 3.8) is 0 Å². The molecule has 0 aliphatic heterocycles. The number of urea groups is 1. The van der Waals surface area contributed by atoms with Crippen molar-refractivity contribution in [1.29, 1.82) is 0 Å². The summed E-state index contributed by atoms with van der Waals surface area (Å²) in [5, 5.41) is 13.1. The fourth-order valence-electron chi connectivity index (χ4n) is 1.29. The smallest absolute Gasteiger partial charge is 0.329 e. The molecule has 110 valence electrons. The number of hydrogen-bond acceptors (Lipinski definition) is 3. The molecule has 0 aliphatic carbocycles. The van der Waals surface area contributed by atoms with Crippen LogP contribution in [0.2, 0.25) is 0 Å². The Labute approximate surface area is 113 Å². The molecule has 0 spiro atoms. The number of rotatable bonds is 7. The van der Waals surface area contributed by atoms with E-state index in [4.69, 9.17) is 9.84 Å². The number of hydrogen-bond donors (Lipinski definition) is 3. The van der Waals surface area contributed by atoms with Crippen molar-refractivity contribution in [2.24, 2.45) is 0 Å². The lowest BCUT2D eigenvalue weighted by Crippen LogP contribution is -2.37. The van der Waals surface area contributed by atoms with Crippen LogP contribution in [-0.4, -0.2) is 36.9 Å². The van der Waals surface area contributed by atoms with Gasteiger partial charge in [-0.05, 0) is 17.7 Å². The summed E-state index contributed by atoms with van der Waals surface area (Å²) in [5.74, 6) is -3.02. The predicted octanol–water partition coefficient (Wildman–Crippen LogP) is 0.865. The van der Waals surface area contributed by atoms with E-state index in [-0.39, 0.29) is 19.7 Å². The van der Waals surface area contributed by atoms with E-state index in [0.29, 0.717) is 5.56 Å². The maximum Gasteiger partial charge on any atom is 0.329 e. The predicted molar refractivity (Wildman–Crippen MR) is 65.1 cm³/mol. The average molecular weight is 288 g/mol. The van der Waals surface area contributed by atoms with Crippen LogP contribution in [0, 0.1) is 11.6 Å². The van der Waals surface area contributed by atoms with Gasteiger partial charge in [0.1, 0.15) is 6.61 Å². The highest BCUT2D eigenvalue weighted by molar-refractivity contribution is 5.73. The molecule has 0 atom stereocenters. The number of carboxylic acid groups (broad SMARTS) is 1. The third kappa shape index (κ3) is 6.10. The van der Waals surface area contributed by atoms with E-state index in [1.165, 1.54) is 6.07 Å². The van der Waals surface area contributed by atoms with Crippen LogP contribution in [0.4, 0.5) is 13.6 Å². The Balaban J connectivity index is 2.19. The lowest BCUT2D eigenvalue weighted by atomic mass is 10.2. The molecule has 0 unspecified atom stereocenters. The third-order valence-corrected chi connectivity index (χ3v) is 2.19. The molecule has 3 N–H and O–H groups in total. The first kappa shape index (κ1) is 15.8. The Morgan fingerprint density at radius 1 is 1.20 bits per heavy atom. The van der Waals surface area contributed by atoms with E-state index in [2.05, 4.69) is 10.6 Å². The summed E-state index contributed by atoms with van der Waals surface area (Å²) in [5.41, 5.74) is 0.418. The Kier molecular flexibility index (Phi) is 6.38. The molecule has 20 heavy (non-hydrogen) atoms. The van der Waals surface area contributed by atoms with Crippen LogP contribution < -0.4 is 10.6 Å². The fourth-order valence-corrected chi connectivity index (χ4v) is 1.29. The Bertz CT molecular complexity index is 483. The first-order valence-electron chi connectivity index (χ1n) is 5.74. The van der Waals surface area contributed by atoms with Crippen LogP contribution in [0.15, 0.2) is 18.2 Å². The highest BCUT2D eigenvalue weighted by Gasteiger charge is 2.04. The van der Waals surface area contributed by atoms with Crippen molar-refractivity contribution in [3.05, 3.63) is 35.4 Å². The van der Waals surface area contributed by atoms with E-state index in [0.717, 1.165) is 12.1 Å². The molecule has 1 aromatic rings. The van der Waals surface area contributed by atoms with E-state index in [1.54, 1.807) is 0 Å². The molecular weight excluding hydrogens is 274 g/mol. The summed E-state index contributed by atoms with van der Waals surface area (Å²) in [6.45, 7) is -0.195. The van der Waals surface area contributed by atoms with Crippen LogP contribution in [0.5, 0.6) is 0 Å². The van der Waals surface area contributed by atoms with Gasteiger partial charge in [0.25, 0.3) is 0 Å². The van der Waals surface area contributed by atoms with Crippen molar-refractivity contribution < 1.29 is 28.2 Å². The van der Waals surface area contributed by atoms with Crippen LogP contribution in [0.3, 0.4) is 0 Å². The molecule has 0 bridgehead atoms. The molecule has 0 radical (unpaired) electrons. The van der Waals surface area contributed by atoms with Crippen LogP contribution in [0.1, 0.15) is 5.56 Å². The van der Waals surface area contributed by atoms with E-state index in [1.807, 2.05) is 0 Å². The van der Waals surface area contributed by atoms with Gasteiger partial charge in [-0.15, -0.1) is 0 Å². The maximum absolute atomic E-state index is 12.9. The number of aliphatic carboxylic acids is 1. The number of halogens is 2. The zero-order valence-corrected chi connectivity index (χ0v) is 10.5. The topological polar surface area (TPSA) is 87.7 Å². The van der Waals surface area contributed by atoms with Crippen molar-refractivity contribution in [3.8, 4) is 0 Å². The second-order valence-electron chi connectivity index (χ2n) is 3.80. The SMILES string of the molecule is O=C(O)COCCNC(=O)NCc1ccc(F)c(F)c1. The Morgan fingerprint density at radius 2 is 1.95 bits per heavy atom. The first-order valence-corrected chi connectivity index (χ1v) is 5.74. The fraction of sp³-hybridized carbons (Fsp3) is 0.333. The first-order chi connectivity index (χ1) is 9.49. The zero-order valence-electron chi connectivity index (χ0n) is 10.5. The maximum atomic E-state index is 12.9. The van der Waals surface area contributed by atoms with Crippen LogP contribution in [-0.2, 0) is 16.1 Å². The molecule has 2 amide bonds. The highest BCUT2D eigenvalue weighted by Crippen LogP contribution is 2.08. The second-order valence-corrected chi connectivity index (χ2v) is 3.80. The van der Waals surface area contributed by atoms with Crippen LogP contribution >= 0.6 is 0 Å². The number of nitrogens with one attached hydrogen (secondary N) is 2. The summed E-state index contributed by atoms with van der Waals surface area (Å²) in [6, 6.07) is 2.80. The Morgan fingerprint density at radius 3 is 2.60 bits per heavy atom. The summed E-state index contributed by atoms with van der Waals surface area (Å²) in [6.07, 6.45) is 0. The van der Waals surface area contributed by atoms with Crippen molar-refractivity contribution in [2.75, 3.05) is 19.8 Å². The number of carbonyl (C=O) groups is 2. The number of carboxylic acids is 1. The van der Waals surface area contributed by atoms with Gasteiger partial charge in [0, 0.05) is 13.1 Å². The molecule has 0 fully saturated rings. The number of benzene rings is 1. The molecule has 1 aromatic carbocycles. The largest absolute Gasteiger partial charge is 0.480 e. The molecule has 6 nitrogen and oxygen atoms in total. The summed E-state index contributed by atoms with van der Waals surface area (Å²) < 4.78 is 30.3. The van der Waals surface area contributed by atoms with Gasteiger partial charge in [-0.1, -0.05) is 6.07 Å². The monoisotopic (exact) mass is 288 g/mol. The minimum atomic E-state index is -1.09. The van der Waals surface area contributed by atoms with E-state index in [9.17, 15) is 18.4 Å². The lowest BCUT2D eigenvalue weighted by molar-refractivity contribution is -0.142. The minimum absolute atomic E-state index is 0.0407. The zero-order chi connectivity index (χ0) is 15.0. The highest BCUT2D eigenvalue weighted by atomic mass is 19.2. The minimum Gasteiger partial charge on any atom is -0.480 e. The van der Waals surface area contributed by atoms with Gasteiger partial charge >= 0.3 is 12.0 Å². The van der Waals surface area contributed by atoms with E-state index < -0.39 is 30.2 Å². The third-order valence-electron chi connectivity index (χ3n) is 2.19. The molecule has 0 aromatic heterocycles. The van der Waals surface area contributed by atoms with Crippen molar-refractivity contribution >= 4 is 12.0 Å². The lowest BCUT2D eigenvalue weighted by Gasteiger charge is -2.08. The molecule has 1 rings (SSSR count). The van der Waals surface area contributed by atoms with Gasteiger partial charge < -0.3 is 20.5 Å². The summed E-state index contributed by atoms with van der Waals surface area (Å²) in [4.78, 5) is 21.4. The number of carbonyl (C=O) groups excluding carboxylic acids is 1. The van der Waals surface area contributed by atoms with Crippen molar-refractivity contribution in [1.82, 2.24) is 10.6 Å². The molecule has 0 saturated carbocycles. The van der Waals surface area contributed by atoms with E-state index >= 15 is 0 Å².